The molecule has 1 unspecified atom stereocenters. The fourth-order valence-electron chi connectivity index (χ4n) is 1.56. The van der Waals surface area contributed by atoms with E-state index in [1.54, 1.807) is 0 Å². The SMILES string of the molecule is CN1CCC(C/C=C\N=C=O)C1. The first kappa shape index (κ1) is 9.17. The minimum Gasteiger partial charge on any atom is -0.306 e. The third-order valence-electron chi connectivity index (χ3n) is 2.19. The predicted octanol–water partition coefficient (Wildman–Crippen LogP) is 1.18. The third kappa shape index (κ3) is 2.99. The van der Waals surface area contributed by atoms with E-state index in [0.717, 1.165) is 18.9 Å². The molecule has 1 saturated heterocycles. The van der Waals surface area contributed by atoms with Gasteiger partial charge in [0.05, 0.1) is 0 Å². The first-order chi connectivity index (χ1) is 5.83. The minimum atomic E-state index is 0.744. The van der Waals surface area contributed by atoms with E-state index in [2.05, 4.69) is 16.9 Å². The Morgan fingerprint density at radius 3 is 3.17 bits per heavy atom. The summed E-state index contributed by atoms with van der Waals surface area (Å²) in [7, 11) is 2.13. The van der Waals surface area contributed by atoms with Gasteiger partial charge in [0.1, 0.15) is 0 Å². The highest BCUT2D eigenvalue weighted by molar-refractivity contribution is 5.34. The lowest BCUT2D eigenvalue weighted by Gasteiger charge is -2.06. The van der Waals surface area contributed by atoms with Crippen LogP contribution in [0.5, 0.6) is 0 Å². The highest BCUT2D eigenvalue weighted by atomic mass is 16.1. The maximum absolute atomic E-state index is 9.70. The van der Waals surface area contributed by atoms with Crippen molar-refractivity contribution >= 4 is 6.08 Å². The second-order valence-electron chi connectivity index (χ2n) is 3.26. The molecular weight excluding hydrogens is 152 g/mol. The van der Waals surface area contributed by atoms with E-state index in [4.69, 9.17) is 0 Å². The highest BCUT2D eigenvalue weighted by Crippen LogP contribution is 2.17. The van der Waals surface area contributed by atoms with Gasteiger partial charge in [-0.25, -0.2) is 4.79 Å². The van der Waals surface area contributed by atoms with Gasteiger partial charge in [0.25, 0.3) is 0 Å². The van der Waals surface area contributed by atoms with Crippen LogP contribution >= 0.6 is 0 Å². The van der Waals surface area contributed by atoms with Crippen LogP contribution in [0.2, 0.25) is 0 Å². The van der Waals surface area contributed by atoms with Crippen molar-refractivity contribution in [2.75, 3.05) is 20.1 Å². The first-order valence-corrected chi connectivity index (χ1v) is 4.23. The lowest BCUT2D eigenvalue weighted by molar-refractivity contribution is 0.396. The number of aliphatic imine (C=N–C) groups is 1. The first-order valence-electron chi connectivity index (χ1n) is 4.23. The number of carbonyl (C=O) groups excluding carboxylic acids is 1. The largest absolute Gasteiger partial charge is 0.306 e. The van der Waals surface area contributed by atoms with Crippen LogP contribution in [-0.4, -0.2) is 31.1 Å². The molecule has 66 valence electrons. The number of isocyanates is 1. The molecule has 0 aliphatic carbocycles. The van der Waals surface area contributed by atoms with E-state index >= 15 is 0 Å². The van der Waals surface area contributed by atoms with Crippen molar-refractivity contribution in [1.29, 1.82) is 0 Å². The normalized spacial score (nSPS) is 24.6. The molecule has 3 heteroatoms. The predicted molar refractivity (Wildman–Crippen MR) is 47.5 cm³/mol. The van der Waals surface area contributed by atoms with Crippen LogP contribution in [0.15, 0.2) is 17.3 Å². The zero-order valence-corrected chi connectivity index (χ0v) is 7.36. The number of hydrogen-bond donors (Lipinski definition) is 0. The van der Waals surface area contributed by atoms with Gasteiger partial charge >= 0.3 is 0 Å². The molecule has 1 aliphatic heterocycles. The Kier molecular flexibility index (Phi) is 3.71. The summed E-state index contributed by atoms with van der Waals surface area (Å²) in [5.74, 6) is 0.744. The molecule has 1 rings (SSSR count). The van der Waals surface area contributed by atoms with Gasteiger partial charge in [-0.1, -0.05) is 6.08 Å². The number of likely N-dealkylation sites (tertiary alicyclic amines) is 1. The van der Waals surface area contributed by atoms with Crippen LogP contribution in [0.4, 0.5) is 0 Å². The van der Waals surface area contributed by atoms with Crippen molar-refractivity contribution in [2.24, 2.45) is 10.9 Å². The van der Waals surface area contributed by atoms with Gasteiger partial charge in [-0.2, -0.15) is 4.99 Å². The number of allylic oxidation sites excluding steroid dienone is 1. The molecule has 0 N–H and O–H groups in total. The van der Waals surface area contributed by atoms with Gasteiger partial charge < -0.3 is 4.90 Å². The molecule has 12 heavy (non-hydrogen) atoms. The molecule has 0 aromatic heterocycles. The third-order valence-corrected chi connectivity index (χ3v) is 2.19. The Morgan fingerprint density at radius 1 is 1.75 bits per heavy atom. The summed E-state index contributed by atoms with van der Waals surface area (Å²) in [5.41, 5.74) is 0. The molecule has 1 aliphatic rings. The molecule has 1 atom stereocenters. The number of hydrogen-bond acceptors (Lipinski definition) is 3. The van der Waals surface area contributed by atoms with E-state index in [0.29, 0.717) is 0 Å². The molecule has 0 radical (unpaired) electrons. The summed E-state index contributed by atoms with van der Waals surface area (Å²) in [6.45, 7) is 2.35. The molecule has 3 nitrogen and oxygen atoms in total. The summed E-state index contributed by atoms with van der Waals surface area (Å²) in [6.07, 6.45) is 7.23. The molecule has 0 saturated carbocycles. The van der Waals surface area contributed by atoms with Crippen LogP contribution in [0, 0.1) is 5.92 Å². The molecule has 0 aromatic rings. The highest BCUT2D eigenvalue weighted by Gasteiger charge is 2.17. The van der Waals surface area contributed by atoms with Crippen molar-refractivity contribution in [3.63, 3.8) is 0 Å². The van der Waals surface area contributed by atoms with Gasteiger partial charge in [-0.15, -0.1) is 0 Å². The van der Waals surface area contributed by atoms with Crippen LogP contribution in [0.25, 0.3) is 0 Å². The lowest BCUT2D eigenvalue weighted by Crippen LogP contribution is -2.13. The van der Waals surface area contributed by atoms with E-state index in [1.165, 1.54) is 25.2 Å². The van der Waals surface area contributed by atoms with E-state index in [9.17, 15) is 4.79 Å². The Labute approximate surface area is 72.8 Å². The minimum absolute atomic E-state index is 0.744. The van der Waals surface area contributed by atoms with E-state index < -0.39 is 0 Å². The average molecular weight is 166 g/mol. The maximum Gasteiger partial charge on any atom is 0.239 e. The standard InChI is InChI=1S/C9H14N2O/c1-11-6-4-9(7-11)3-2-5-10-8-12/h2,5,9H,3-4,6-7H2,1H3/b5-2-. The van der Waals surface area contributed by atoms with Crippen molar-refractivity contribution in [2.45, 2.75) is 12.8 Å². The Balaban J connectivity index is 2.19. The lowest BCUT2D eigenvalue weighted by atomic mass is 10.1. The summed E-state index contributed by atoms with van der Waals surface area (Å²) in [6, 6.07) is 0. The van der Waals surface area contributed by atoms with Crippen molar-refractivity contribution in [1.82, 2.24) is 4.90 Å². The van der Waals surface area contributed by atoms with Gasteiger partial charge in [0.2, 0.25) is 6.08 Å². The fourth-order valence-corrected chi connectivity index (χ4v) is 1.56. The zero-order valence-electron chi connectivity index (χ0n) is 7.36. The summed E-state index contributed by atoms with van der Waals surface area (Å²) in [5, 5.41) is 0. The van der Waals surface area contributed by atoms with Crippen molar-refractivity contribution < 1.29 is 4.79 Å². The summed E-state index contributed by atoms with van der Waals surface area (Å²) in [4.78, 5) is 15.4. The number of rotatable bonds is 3. The van der Waals surface area contributed by atoms with Crippen LogP contribution < -0.4 is 0 Å². The maximum atomic E-state index is 9.70. The molecule has 0 aromatic carbocycles. The average Bonchev–Trinajstić information content (AvgIpc) is 2.45. The quantitative estimate of drug-likeness (QED) is 0.466. The molecular formula is C9H14N2O. The molecule has 1 heterocycles. The zero-order chi connectivity index (χ0) is 8.81. The van der Waals surface area contributed by atoms with E-state index in [-0.39, 0.29) is 0 Å². The van der Waals surface area contributed by atoms with Crippen LogP contribution in [0.3, 0.4) is 0 Å². The van der Waals surface area contributed by atoms with Gasteiger partial charge in [0.15, 0.2) is 0 Å². The molecule has 0 spiro atoms. The fraction of sp³-hybridized carbons (Fsp3) is 0.667. The molecule has 0 amide bonds. The monoisotopic (exact) mass is 166 g/mol. The van der Waals surface area contributed by atoms with E-state index in [1.807, 2.05) is 6.08 Å². The van der Waals surface area contributed by atoms with Gasteiger partial charge in [-0.3, -0.25) is 0 Å². The van der Waals surface area contributed by atoms with Gasteiger partial charge in [-0.05, 0) is 32.4 Å². The second-order valence-corrected chi connectivity index (χ2v) is 3.26. The van der Waals surface area contributed by atoms with Crippen molar-refractivity contribution in [3.05, 3.63) is 12.3 Å². The van der Waals surface area contributed by atoms with Gasteiger partial charge in [0, 0.05) is 12.7 Å². The number of nitrogens with zero attached hydrogens (tertiary/aromatic N) is 2. The van der Waals surface area contributed by atoms with Crippen LogP contribution in [-0.2, 0) is 4.79 Å². The van der Waals surface area contributed by atoms with Crippen LogP contribution in [0.1, 0.15) is 12.8 Å². The second kappa shape index (κ2) is 4.86. The smallest absolute Gasteiger partial charge is 0.239 e. The summed E-state index contributed by atoms with van der Waals surface area (Å²) >= 11 is 0. The van der Waals surface area contributed by atoms with Crippen molar-refractivity contribution in [3.8, 4) is 0 Å². The summed E-state index contributed by atoms with van der Waals surface area (Å²) < 4.78 is 0. The Morgan fingerprint density at radius 2 is 2.58 bits per heavy atom. The molecule has 0 bridgehead atoms. The molecule has 1 fully saturated rings. The Hall–Kier alpha value is -0.920. The Bertz CT molecular complexity index is 207. The topological polar surface area (TPSA) is 32.7 Å².